The van der Waals surface area contributed by atoms with Crippen LogP contribution in [0, 0.1) is 0 Å². The van der Waals surface area contributed by atoms with Gasteiger partial charge in [0.1, 0.15) is 0 Å². The summed E-state index contributed by atoms with van der Waals surface area (Å²) in [5.74, 6) is 0. The molecule has 1 heterocycles. The van der Waals surface area contributed by atoms with Gasteiger partial charge < -0.3 is 20.1 Å². The highest BCUT2D eigenvalue weighted by Crippen LogP contribution is 2.19. The number of hydrogen-bond donors (Lipinski definition) is 2. The molecule has 0 unspecified atom stereocenters. The number of rotatable bonds is 10. The molecular formula is C20H33ClN2O2. The summed E-state index contributed by atoms with van der Waals surface area (Å²) in [6, 6.07) is 7.64. The number of halogens is 1. The molecule has 0 saturated carbocycles. The average Bonchev–Trinajstić information content (AvgIpc) is 2.89. The number of likely N-dealkylation sites (tertiary alicyclic amines) is 1. The first-order chi connectivity index (χ1) is 12.1. The normalized spacial score (nSPS) is 18.7. The maximum absolute atomic E-state index is 10.1. The van der Waals surface area contributed by atoms with Crippen molar-refractivity contribution in [1.82, 2.24) is 10.2 Å². The highest BCUT2D eigenvalue weighted by Gasteiger charge is 2.11. The van der Waals surface area contributed by atoms with E-state index in [-0.39, 0.29) is 6.10 Å². The Balaban J connectivity index is 1.51. The van der Waals surface area contributed by atoms with Crippen molar-refractivity contribution in [2.45, 2.75) is 51.2 Å². The Hall–Kier alpha value is -0.650. The minimum absolute atomic E-state index is 0.0463. The molecule has 2 rings (SSSR count). The fourth-order valence-corrected chi connectivity index (χ4v) is 3.33. The van der Waals surface area contributed by atoms with Gasteiger partial charge in [0.05, 0.1) is 18.8 Å². The van der Waals surface area contributed by atoms with Gasteiger partial charge in [0.25, 0.3) is 0 Å². The molecule has 0 aromatic heterocycles. The van der Waals surface area contributed by atoms with Gasteiger partial charge in [-0.2, -0.15) is 0 Å². The van der Waals surface area contributed by atoms with Crippen molar-refractivity contribution in [3.05, 3.63) is 34.9 Å². The zero-order valence-corrected chi connectivity index (χ0v) is 16.2. The fourth-order valence-electron chi connectivity index (χ4n) is 3.20. The van der Waals surface area contributed by atoms with Crippen LogP contribution >= 0.6 is 11.6 Å². The lowest BCUT2D eigenvalue weighted by molar-refractivity contribution is -0.00200. The van der Waals surface area contributed by atoms with Crippen molar-refractivity contribution >= 4 is 11.6 Å². The van der Waals surface area contributed by atoms with Gasteiger partial charge in [0.15, 0.2) is 0 Å². The lowest BCUT2D eigenvalue weighted by Crippen LogP contribution is -2.33. The summed E-state index contributed by atoms with van der Waals surface area (Å²) in [5.41, 5.74) is 1.07. The van der Waals surface area contributed by atoms with Gasteiger partial charge in [0.2, 0.25) is 0 Å². The number of aliphatic hydroxyl groups excluding tert-OH is 1. The van der Waals surface area contributed by atoms with Crippen LogP contribution in [0.3, 0.4) is 0 Å². The molecule has 1 aliphatic heterocycles. The van der Waals surface area contributed by atoms with E-state index in [0.29, 0.717) is 13.2 Å². The second-order valence-corrected chi connectivity index (χ2v) is 7.43. The van der Waals surface area contributed by atoms with Crippen LogP contribution in [-0.2, 0) is 4.74 Å². The zero-order valence-electron chi connectivity index (χ0n) is 15.4. The van der Waals surface area contributed by atoms with E-state index in [2.05, 4.69) is 10.2 Å². The van der Waals surface area contributed by atoms with Crippen LogP contribution in [0.15, 0.2) is 24.3 Å². The van der Waals surface area contributed by atoms with Gasteiger partial charge in [-0.25, -0.2) is 0 Å². The summed E-state index contributed by atoms with van der Waals surface area (Å²) in [6.07, 6.45) is 6.06. The fraction of sp³-hybridized carbons (Fsp3) is 0.700. The topological polar surface area (TPSA) is 44.7 Å². The Labute approximate surface area is 157 Å². The standard InChI is InChI=1S/C20H33ClN2O2/c1-17(18-7-9-19(21)10-8-18)25-16-20(24)15-22-11-6-14-23-12-4-2-3-5-13-23/h7-10,17,20,22,24H,2-6,11-16H2,1H3/t17-,20+/m1/s1. The number of aliphatic hydroxyl groups is 1. The molecule has 0 spiro atoms. The van der Waals surface area contributed by atoms with Crippen molar-refractivity contribution < 1.29 is 9.84 Å². The molecule has 5 heteroatoms. The molecule has 0 radical (unpaired) electrons. The monoisotopic (exact) mass is 368 g/mol. The van der Waals surface area contributed by atoms with Crippen LogP contribution in [-0.4, -0.2) is 55.4 Å². The minimum atomic E-state index is -0.479. The lowest BCUT2D eigenvalue weighted by atomic mass is 10.1. The van der Waals surface area contributed by atoms with Crippen molar-refractivity contribution in [3.63, 3.8) is 0 Å². The van der Waals surface area contributed by atoms with Gasteiger partial charge in [0, 0.05) is 11.6 Å². The average molecular weight is 369 g/mol. The largest absolute Gasteiger partial charge is 0.389 e. The van der Waals surface area contributed by atoms with E-state index >= 15 is 0 Å². The molecular weight excluding hydrogens is 336 g/mol. The molecule has 1 saturated heterocycles. The van der Waals surface area contributed by atoms with Crippen molar-refractivity contribution in [1.29, 1.82) is 0 Å². The van der Waals surface area contributed by atoms with Crippen molar-refractivity contribution in [3.8, 4) is 0 Å². The molecule has 2 N–H and O–H groups in total. The summed E-state index contributed by atoms with van der Waals surface area (Å²) in [4.78, 5) is 2.57. The van der Waals surface area contributed by atoms with E-state index in [1.807, 2.05) is 31.2 Å². The van der Waals surface area contributed by atoms with Crippen LogP contribution in [0.2, 0.25) is 5.02 Å². The molecule has 4 nitrogen and oxygen atoms in total. The van der Waals surface area contributed by atoms with Gasteiger partial charge in [-0.05, 0) is 70.1 Å². The van der Waals surface area contributed by atoms with E-state index in [9.17, 15) is 5.11 Å². The Bertz CT molecular complexity index is 461. The summed E-state index contributed by atoms with van der Waals surface area (Å²) in [5, 5.41) is 14.1. The minimum Gasteiger partial charge on any atom is -0.389 e. The number of nitrogens with one attached hydrogen (secondary N) is 1. The third kappa shape index (κ3) is 8.52. The molecule has 1 fully saturated rings. The third-order valence-electron chi connectivity index (χ3n) is 4.78. The molecule has 2 atom stereocenters. The molecule has 0 amide bonds. The van der Waals surface area contributed by atoms with Crippen molar-refractivity contribution in [2.75, 3.05) is 39.3 Å². The van der Waals surface area contributed by atoms with E-state index in [1.54, 1.807) is 0 Å². The molecule has 1 aromatic rings. The summed E-state index contributed by atoms with van der Waals surface area (Å²) in [6.45, 7) is 7.51. The Morgan fingerprint density at radius 3 is 2.52 bits per heavy atom. The second-order valence-electron chi connectivity index (χ2n) is 6.99. The Morgan fingerprint density at radius 1 is 1.16 bits per heavy atom. The highest BCUT2D eigenvalue weighted by molar-refractivity contribution is 6.30. The maximum atomic E-state index is 10.1. The van der Waals surface area contributed by atoms with E-state index in [0.717, 1.165) is 30.1 Å². The van der Waals surface area contributed by atoms with Crippen molar-refractivity contribution in [2.24, 2.45) is 0 Å². The SMILES string of the molecule is C[C@@H](OC[C@@H](O)CNCCCN1CCCCCC1)c1ccc(Cl)cc1. The number of hydrogen-bond acceptors (Lipinski definition) is 4. The summed E-state index contributed by atoms with van der Waals surface area (Å²) >= 11 is 5.89. The number of nitrogens with zero attached hydrogens (tertiary/aromatic N) is 1. The first kappa shape index (κ1) is 20.7. The predicted octanol–water partition coefficient (Wildman–Crippen LogP) is 3.63. The summed E-state index contributed by atoms with van der Waals surface area (Å²) < 4.78 is 5.75. The molecule has 142 valence electrons. The molecule has 1 aliphatic rings. The van der Waals surface area contributed by atoms with Crippen LogP contribution in [0.5, 0.6) is 0 Å². The van der Waals surface area contributed by atoms with Crippen LogP contribution in [0.4, 0.5) is 0 Å². The van der Waals surface area contributed by atoms with Crippen LogP contribution < -0.4 is 5.32 Å². The van der Waals surface area contributed by atoms with E-state index in [4.69, 9.17) is 16.3 Å². The molecule has 1 aromatic carbocycles. The highest BCUT2D eigenvalue weighted by atomic mass is 35.5. The zero-order chi connectivity index (χ0) is 17.9. The quantitative estimate of drug-likeness (QED) is 0.619. The molecule has 25 heavy (non-hydrogen) atoms. The Kier molecular flexibility index (Phi) is 9.81. The first-order valence-electron chi connectivity index (χ1n) is 9.63. The van der Waals surface area contributed by atoms with E-state index < -0.39 is 6.10 Å². The summed E-state index contributed by atoms with van der Waals surface area (Å²) in [7, 11) is 0. The van der Waals surface area contributed by atoms with Gasteiger partial charge in [-0.1, -0.05) is 36.6 Å². The number of ether oxygens (including phenoxy) is 1. The molecule has 0 aliphatic carbocycles. The van der Waals surface area contributed by atoms with E-state index in [1.165, 1.54) is 38.8 Å². The first-order valence-corrected chi connectivity index (χ1v) is 10.0. The maximum Gasteiger partial charge on any atom is 0.0897 e. The van der Waals surface area contributed by atoms with Crippen LogP contribution in [0.25, 0.3) is 0 Å². The van der Waals surface area contributed by atoms with Gasteiger partial charge in [-0.15, -0.1) is 0 Å². The Morgan fingerprint density at radius 2 is 1.84 bits per heavy atom. The lowest BCUT2D eigenvalue weighted by Gasteiger charge is -2.20. The third-order valence-corrected chi connectivity index (χ3v) is 5.04. The molecule has 0 bridgehead atoms. The predicted molar refractivity (Wildman–Crippen MR) is 104 cm³/mol. The van der Waals surface area contributed by atoms with Gasteiger partial charge in [-0.3, -0.25) is 0 Å². The number of benzene rings is 1. The van der Waals surface area contributed by atoms with Crippen LogP contribution in [0.1, 0.15) is 50.7 Å². The second kappa shape index (κ2) is 11.9. The van der Waals surface area contributed by atoms with Gasteiger partial charge >= 0.3 is 0 Å². The smallest absolute Gasteiger partial charge is 0.0897 e.